The van der Waals surface area contributed by atoms with E-state index < -0.39 is 0 Å². The van der Waals surface area contributed by atoms with Crippen molar-refractivity contribution in [3.63, 3.8) is 0 Å². The number of imidazole rings is 1. The molecule has 5 rings (SSSR count). The van der Waals surface area contributed by atoms with Gasteiger partial charge < -0.3 is 9.52 Å². The van der Waals surface area contributed by atoms with Crippen LogP contribution in [0.3, 0.4) is 0 Å². The number of rotatable bonds is 5. The first-order valence-corrected chi connectivity index (χ1v) is 9.60. The standard InChI is InChI=1S/C24H18FN3O2/c25-19-11-5-4-9-17(19)13-20-23-27-21(14-18-10-6-12-30-18)24(29)28(23)15-22(26-20)16-7-2-1-3-8-16/h1-12,15,29H,13-14H2. The first-order valence-electron chi connectivity index (χ1n) is 9.60. The van der Waals surface area contributed by atoms with Crippen molar-refractivity contribution >= 4 is 5.65 Å². The van der Waals surface area contributed by atoms with Crippen molar-refractivity contribution in [2.75, 3.05) is 0 Å². The third kappa shape index (κ3) is 3.33. The molecular weight excluding hydrogens is 381 g/mol. The summed E-state index contributed by atoms with van der Waals surface area (Å²) in [4.78, 5) is 9.39. The molecule has 0 radical (unpaired) electrons. The maximum absolute atomic E-state index is 14.3. The largest absolute Gasteiger partial charge is 0.493 e. The van der Waals surface area contributed by atoms with Gasteiger partial charge in [0.05, 0.1) is 24.1 Å². The summed E-state index contributed by atoms with van der Waals surface area (Å²) in [6, 6.07) is 19.9. The highest BCUT2D eigenvalue weighted by Crippen LogP contribution is 2.28. The monoisotopic (exact) mass is 399 g/mol. The highest BCUT2D eigenvalue weighted by molar-refractivity contribution is 5.63. The second kappa shape index (κ2) is 7.48. The van der Waals surface area contributed by atoms with Crippen LogP contribution in [0, 0.1) is 5.82 Å². The zero-order chi connectivity index (χ0) is 20.5. The molecule has 6 heteroatoms. The average Bonchev–Trinajstić information content (AvgIpc) is 3.39. The lowest BCUT2D eigenvalue weighted by atomic mass is 10.1. The molecule has 0 bridgehead atoms. The summed E-state index contributed by atoms with van der Waals surface area (Å²) < 4.78 is 21.3. The lowest BCUT2D eigenvalue weighted by molar-refractivity contribution is 0.438. The Kier molecular flexibility index (Phi) is 4.52. The van der Waals surface area contributed by atoms with Gasteiger partial charge >= 0.3 is 0 Å². The number of halogens is 1. The molecule has 0 unspecified atom stereocenters. The summed E-state index contributed by atoms with van der Waals surface area (Å²) >= 11 is 0. The third-order valence-corrected chi connectivity index (χ3v) is 5.03. The average molecular weight is 399 g/mol. The number of hydrogen-bond donors (Lipinski definition) is 1. The Morgan fingerprint density at radius 1 is 0.867 bits per heavy atom. The van der Waals surface area contributed by atoms with Crippen molar-refractivity contribution in [1.82, 2.24) is 14.4 Å². The van der Waals surface area contributed by atoms with Crippen LogP contribution in [-0.4, -0.2) is 19.5 Å². The van der Waals surface area contributed by atoms with Crippen LogP contribution in [0.4, 0.5) is 4.39 Å². The van der Waals surface area contributed by atoms with Gasteiger partial charge in [0.2, 0.25) is 5.88 Å². The van der Waals surface area contributed by atoms with Crippen LogP contribution < -0.4 is 0 Å². The van der Waals surface area contributed by atoms with Gasteiger partial charge in [-0.15, -0.1) is 0 Å². The van der Waals surface area contributed by atoms with Gasteiger partial charge in [-0.3, -0.25) is 4.40 Å². The predicted octanol–water partition coefficient (Wildman–Crippen LogP) is 5.02. The summed E-state index contributed by atoms with van der Waals surface area (Å²) in [6.07, 6.45) is 3.94. The van der Waals surface area contributed by atoms with Crippen molar-refractivity contribution in [2.24, 2.45) is 0 Å². The van der Waals surface area contributed by atoms with Gasteiger partial charge in [0, 0.05) is 18.2 Å². The van der Waals surface area contributed by atoms with E-state index in [4.69, 9.17) is 9.40 Å². The quantitative estimate of drug-likeness (QED) is 0.451. The van der Waals surface area contributed by atoms with E-state index in [0.717, 1.165) is 5.56 Å². The molecule has 0 saturated heterocycles. The molecule has 0 spiro atoms. The molecule has 1 N–H and O–H groups in total. The smallest absolute Gasteiger partial charge is 0.219 e. The molecule has 5 nitrogen and oxygen atoms in total. The van der Waals surface area contributed by atoms with Gasteiger partial charge in [0.15, 0.2) is 5.65 Å². The van der Waals surface area contributed by atoms with Crippen LogP contribution in [0.1, 0.15) is 22.7 Å². The fourth-order valence-corrected chi connectivity index (χ4v) is 3.53. The molecule has 30 heavy (non-hydrogen) atoms. The molecule has 0 aliphatic heterocycles. The normalized spacial score (nSPS) is 11.2. The Morgan fingerprint density at radius 2 is 1.67 bits per heavy atom. The Morgan fingerprint density at radius 3 is 2.43 bits per heavy atom. The summed E-state index contributed by atoms with van der Waals surface area (Å²) in [5.41, 5.74) is 3.65. The minimum Gasteiger partial charge on any atom is -0.493 e. The van der Waals surface area contributed by atoms with Crippen molar-refractivity contribution in [2.45, 2.75) is 12.8 Å². The van der Waals surface area contributed by atoms with E-state index in [9.17, 15) is 9.50 Å². The van der Waals surface area contributed by atoms with Crippen molar-refractivity contribution in [3.05, 3.63) is 108 Å². The number of aromatic hydroxyl groups is 1. The van der Waals surface area contributed by atoms with Gasteiger partial charge in [-0.05, 0) is 23.8 Å². The van der Waals surface area contributed by atoms with E-state index in [1.54, 1.807) is 41.1 Å². The minimum atomic E-state index is -0.297. The number of furan rings is 1. The van der Waals surface area contributed by atoms with E-state index in [0.29, 0.717) is 40.5 Å². The van der Waals surface area contributed by atoms with Crippen LogP contribution >= 0.6 is 0 Å². The molecular formula is C24H18FN3O2. The highest BCUT2D eigenvalue weighted by Gasteiger charge is 2.19. The van der Waals surface area contributed by atoms with Crippen LogP contribution in [0.2, 0.25) is 0 Å². The lowest BCUT2D eigenvalue weighted by Crippen LogP contribution is -2.02. The molecule has 0 aliphatic rings. The Labute approximate surface area is 172 Å². The summed E-state index contributed by atoms with van der Waals surface area (Å²) in [5, 5.41) is 10.9. The fraction of sp³-hybridized carbons (Fsp3) is 0.0833. The van der Waals surface area contributed by atoms with Gasteiger partial charge in [-0.2, -0.15) is 0 Å². The molecule has 5 aromatic rings. The van der Waals surface area contributed by atoms with E-state index >= 15 is 0 Å². The van der Waals surface area contributed by atoms with Crippen molar-refractivity contribution in [3.8, 4) is 17.1 Å². The predicted molar refractivity (Wildman–Crippen MR) is 111 cm³/mol. The van der Waals surface area contributed by atoms with E-state index in [1.807, 2.05) is 36.4 Å². The molecule has 0 amide bonds. The minimum absolute atomic E-state index is 0.0239. The number of aromatic nitrogens is 3. The topological polar surface area (TPSA) is 63.6 Å². The maximum Gasteiger partial charge on any atom is 0.219 e. The van der Waals surface area contributed by atoms with Crippen LogP contribution in [-0.2, 0) is 12.8 Å². The molecule has 148 valence electrons. The first-order chi connectivity index (χ1) is 14.7. The fourth-order valence-electron chi connectivity index (χ4n) is 3.53. The molecule has 3 aromatic heterocycles. The second-order valence-electron chi connectivity index (χ2n) is 7.04. The van der Waals surface area contributed by atoms with E-state index in [1.165, 1.54) is 6.07 Å². The van der Waals surface area contributed by atoms with E-state index in [-0.39, 0.29) is 18.1 Å². The Hall–Kier alpha value is -3.93. The van der Waals surface area contributed by atoms with Crippen molar-refractivity contribution in [1.29, 1.82) is 0 Å². The van der Waals surface area contributed by atoms with Gasteiger partial charge in [0.1, 0.15) is 17.3 Å². The number of hydrogen-bond acceptors (Lipinski definition) is 4. The highest BCUT2D eigenvalue weighted by atomic mass is 19.1. The molecule has 3 heterocycles. The lowest BCUT2D eigenvalue weighted by Gasteiger charge is -2.09. The Balaban J connectivity index is 1.68. The van der Waals surface area contributed by atoms with E-state index in [2.05, 4.69) is 4.98 Å². The zero-order valence-electron chi connectivity index (χ0n) is 16.0. The zero-order valence-corrected chi connectivity index (χ0v) is 16.0. The van der Waals surface area contributed by atoms with Crippen LogP contribution in [0.15, 0.2) is 83.6 Å². The summed E-state index contributed by atoms with van der Waals surface area (Å²) in [6.45, 7) is 0. The molecule has 0 saturated carbocycles. The molecule has 0 atom stereocenters. The summed E-state index contributed by atoms with van der Waals surface area (Å²) in [7, 11) is 0. The van der Waals surface area contributed by atoms with Gasteiger partial charge in [0.25, 0.3) is 0 Å². The van der Waals surface area contributed by atoms with Crippen molar-refractivity contribution < 1.29 is 13.9 Å². The maximum atomic E-state index is 14.3. The van der Waals surface area contributed by atoms with Crippen LogP contribution in [0.25, 0.3) is 16.9 Å². The SMILES string of the molecule is Oc1c(Cc2ccco2)nc2c(Cc3ccccc3F)nc(-c3ccccc3)cn12. The number of fused-ring (bicyclic) bond motifs is 1. The summed E-state index contributed by atoms with van der Waals surface area (Å²) in [5.74, 6) is 0.422. The molecule has 2 aromatic carbocycles. The molecule has 0 aliphatic carbocycles. The third-order valence-electron chi connectivity index (χ3n) is 5.03. The Bertz CT molecular complexity index is 1310. The number of nitrogens with zero attached hydrogens (tertiary/aromatic N) is 3. The van der Waals surface area contributed by atoms with Gasteiger partial charge in [-0.1, -0.05) is 48.5 Å². The second-order valence-corrected chi connectivity index (χ2v) is 7.04. The van der Waals surface area contributed by atoms with Gasteiger partial charge in [-0.25, -0.2) is 14.4 Å². The van der Waals surface area contributed by atoms with Crippen LogP contribution in [0.5, 0.6) is 5.88 Å². The molecule has 0 fully saturated rings. The number of benzene rings is 2. The first kappa shape index (κ1) is 18.1.